The van der Waals surface area contributed by atoms with E-state index in [4.69, 9.17) is 9.47 Å². The Morgan fingerprint density at radius 2 is 1.93 bits per heavy atom. The zero-order chi connectivity index (χ0) is 21.5. The number of hydrogen-bond donors (Lipinski definition) is 0. The molecule has 3 heterocycles. The number of carbonyl (C=O) groups is 3. The summed E-state index contributed by atoms with van der Waals surface area (Å²) in [6.45, 7) is 0.227. The number of aromatic nitrogens is 2. The topological polar surface area (TPSA) is 102 Å². The van der Waals surface area contributed by atoms with Crippen LogP contribution in [0.2, 0.25) is 0 Å². The molecule has 2 aliphatic rings. The van der Waals surface area contributed by atoms with E-state index in [0.717, 1.165) is 0 Å². The molecule has 0 saturated carbocycles. The fourth-order valence-corrected chi connectivity index (χ4v) is 4.10. The first kappa shape index (κ1) is 19.8. The summed E-state index contributed by atoms with van der Waals surface area (Å²) in [5.41, 5.74) is -0.450. The lowest BCUT2D eigenvalue weighted by atomic mass is 9.71. The third-order valence-electron chi connectivity index (χ3n) is 5.70. The SMILES string of the molecule is COc1ncc(C(=O)N2C[C@H](C(=O)N(C)C)[C@]3(COc4ccccc4C3=O)C2)cn1. The first-order valence-electron chi connectivity index (χ1n) is 9.50. The number of likely N-dealkylation sites (tertiary alicyclic amines) is 1. The summed E-state index contributed by atoms with van der Waals surface area (Å²) in [5.74, 6) is -0.954. The van der Waals surface area contributed by atoms with Gasteiger partial charge in [-0.3, -0.25) is 14.4 Å². The van der Waals surface area contributed by atoms with Crippen LogP contribution < -0.4 is 9.47 Å². The van der Waals surface area contributed by atoms with Crippen LogP contribution in [-0.4, -0.2) is 78.3 Å². The molecule has 4 rings (SSSR count). The van der Waals surface area contributed by atoms with Gasteiger partial charge in [-0.25, -0.2) is 9.97 Å². The van der Waals surface area contributed by atoms with Gasteiger partial charge >= 0.3 is 6.01 Å². The lowest BCUT2D eigenvalue weighted by molar-refractivity contribution is -0.135. The Hall–Kier alpha value is -3.49. The zero-order valence-corrected chi connectivity index (χ0v) is 17.0. The van der Waals surface area contributed by atoms with Crippen molar-refractivity contribution in [2.45, 2.75) is 0 Å². The molecule has 0 radical (unpaired) electrons. The van der Waals surface area contributed by atoms with Crippen molar-refractivity contribution in [1.29, 1.82) is 0 Å². The number of para-hydroxylation sites is 1. The molecule has 30 heavy (non-hydrogen) atoms. The van der Waals surface area contributed by atoms with E-state index in [9.17, 15) is 14.4 Å². The van der Waals surface area contributed by atoms with Crippen molar-refractivity contribution in [3.8, 4) is 11.8 Å². The van der Waals surface area contributed by atoms with Crippen molar-refractivity contribution in [3.63, 3.8) is 0 Å². The highest BCUT2D eigenvalue weighted by atomic mass is 16.5. The predicted octanol–water partition coefficient (Wildman–Crippen LogP) is 0.907. The van der Waals surface area contributed by atoms with Gasteiger partial charge in [-0.05, 0) is 12.1 Å². The number of methoxy groups -OCH3 is 1. The van der Waals surface area contributed by atoms with Crippen LogP contribution in [0, 0.1) is 11.3 Å². The molecule has 2 aliphatic heterocycles. The van der Waals surface area contributed by atoms with Crippen LogP contribution in [-0.2, 0) is 4.79 Å². The highest BCUT2D eigenvalue weighted by molar-refractivity contribution is 6.07. The van der Waals surface area contributed by atoms with Crippen LogP contribution in [0.1, 0.15) is 20.7 Å². The maximum Gasteiger partial charge on any atom is 0.316 e. The minimum Gasteiger partial charge on any atom is -0.492 e. The van der Waals surface area contributed by atoms with Gasteiger partial charge in [0.1, 0.15) is 12.4 Å². The van der Waals surface area contributed by atoms with Crippen molar-refractivity contribution in [1.82, 2.24) is 19.8 Å². The third kappa shape index (κ3) is 3.06. The highest BCUT2D eigenvalue weighted by Crippen LogP contribution is 2.45. The molecule has 0 N–H and O–H groups in total. The summed E-state index contributed by atoms with van der Waals surface area (Å²) in [6, 6.07) is 7.12. The number of carbonyl (C=O) groups excluding carboxylic acids is 3. The number of rotatable bonds is 3. The molecule has 2 amide bonds. The van der Waals surface area contributed by atoms with Crippen molar-refractivity contribution < 1.29 is 23.9 Å². The first-order valence-corrected chi connectivity index (χ1v) is 9.50. The summed E-state index contributed by atoms with van der Waals surface area (Å²) in [7, 11) is 4.71. The van der Waals surface area contributed by atoms with E-state index in [1.54, 1.807) is 38.4 Å². The van der Waals surface area contributed by atoms with Crippen molar-refractivity contribution in [3.05, 3.63) is 47.8 Å². The summed E-state index contributed by atoms with van der Waals surface area (Å²) >= 11 is 0. The Morgan fingerprint density at radius 1 is 1.23 bits per heavy atom. The fourth-order valence-electron chi connectivity index (χ4n) is 4.10. The third-order valence-corrected chi connectivity index (χ3v) is 5.70. The number of Topliss-reactive ketones (excluding diaryl/α,β-unsaturated/α-hetero) is 1. The fraction of sp³-hybridized carbons (Fsp3) is 0.381. The standard InChI is InChI=1S/C21H22N4O5/c1-24(2)19(28)15-10-25(18(27)13-8-22-20(29-3)23-9-13)11-21(15)12-30-16-7-5-4-6-14(16)17(21)26/h4-9,15H,10-12H2,1-3H3/t15-,21-/m1/s1. The maximum absolute atomic E-state index is 13.5. The van der Waals surface area contributed by atoms with Gasteiger partial charge in [-0.15, -0.1) is 0 Å². The molecule has 1 fully saturated rings. The molecule has 2 aromatic rings. The van der Waals surface area contributed by atoms with E-state index in [1.807, 2.05) is 0 Å². The van der Waals surface area contributed by atoms with Gasteiger partial charge in [0.15, 0.2) is 5.78 Å². The van der Waals surface area contributed by atoms with Gasteiger partial charge in [0.2, 0.25) is 5.91 Å². The van der Waals surface area contributed by atoms with Gasteiger partial charge in [-0.1, -0.05) is 12.1 Å². The smallest absolute Gasteiger partial charge is 0.316 e. The second kappa shape index (κ2) is 7.40. The minimum atomic E-state index is -1.14. The quantitative estimate of drug-likeness (QED) is 0.741. The van der Waals surface area contributed by atoms with Crippen LogP contribution in [0.15, 0.2) is 36.7 Å². The normalized spacial score (nSPS) is 22.4. The molecule has 0 aliphatic carbocycles. The molecule has 9 heteroatoms. The Labute approximate surface area is 173 Å². The molecule has 1 aromatic carbocycles. The number of fused-ring (bicyclic) bond motifs is 1. The molecular weight excluding hydrogens is 388 g/mol. The molecule has 1 aromatic heterocycles. The van der Waals surface area contributed by atoms with Gasteiger partial charge < -0.3 is 19.3 Å². The first-order chi connectivity index (χ1) is 14.4. The van der Waals surface area contributed by atoms with Gasteiger partial charge in [0, 0.05) is 39.6 Å². The predicted molar refractivity (Wildman–Crippen MR) is 105 cm³/mol. The Bertz CT molecular complexity index is 1010. The van der Waals surface area contributed by atoms with E-state index in [2.05, 4.69) is 9.97 Å². The van der Waals surface area contributed by atoms with Gasteiger partial charge in [-0.2, -0.15) is 0 Å². The number of amides is 2. The molecule has 156 valence electrons. The van der Waals surface area contributed by atoms with Crippen LogP contribution >= 0.6 is 0 Å². The minimum absolute atomic E-state index is 0.0377. The molecule has 2 atom stereocenters. The van der Waals surface area contributed by atoms with Crippen molar-refractivity contribution in [2.75, 3.05) is 40.9 Å². The number of hydrogen-bond acceptors (Lipinski definition) is 7. The molecular formula is C21H22N4O5. The number of ketones is 1. The molecule has 0 unspecified atom stereocenters. The van der Waals surface area contributed by atoms with E-state index in [0.29, 0.717) is 11.3 Å². The average Bonchev–Trinajstić information content (AvgIpc) is 3.16. The largest absolute Gasteiger partial charge is 0.492 e. The lowest BCUT2D eigenvalue weighted by Crippen LogP contribution is -2.51. The molecule has 1 saturated heterocycles. The van der Waals surface area contributed by atoms with Crippen molar-refractivity contribution >= 4 is 17.6 Å². The van der Waals surface area contributed by atoms with Gasteiger partial charge in [0.25, 0.3) is 5.91 Å². The van der Waals surface area contributed by atoms with E-state index >= 15 is 0 Å². The number of ether oxygens (including phenoxy) is 2. The van der Waals surface area contributed by atoms with Crippen LogP contribution in [0.3, 0.4) is 0 Å². The second-order valence-corrected chi connectivity index (χ2v) is 7.70. The van der Waals surface area contributed by atoms with Crippen LogP contribution in [0.25, 0.3) is 0 Å². The Balaban J connectivity index is 1.70. The maximum atomic E-state index is 13.5. The summed E-state index contributed by atoms with van der Waals surface area (Å²) in [5, 5.41) is 0. The second-order valence-electron chi connectivity index (χ2n) is 7.70. The Kier molecular flexibility index (Phi) is 4.89. The van der Waals surface area contributed by atoms with E-state index in [-0.39, 0.29) is 48.9 Å². The van der Waals surface area contributed by atoms with Crippen LogP contribution in [0.5, 0.6) is 11.8 Å². The lowest BCUT2D eigenvalue weighted by Gasteiger charge is -2.37. The van der Waals surface area contributed by atoms with Gasteiger partial charge in [0.05, 0.1) is 29.6 Å². The molecule has 9 nitrogen and oxygen atoms in total. The number of nitrogens with zero attached hydrogens (tertiary/aromatic N) is 4. The Morgan fingerprint density at radius 3 is 2.60 bits per heavy atom. The molecule has 0 bridgehead atoms. The monoisotopic (exact) mass is 410 g/mol. The van der Waals surface area contributed by atoms with Crippen LogP contribution in [0.4, 0.5) is 0 Å². The molecule has 1 spiro atoms. The number of benzene rings is 1. The highest BCUT2D eigenvalue weighted by Gasteiger charge is 2.59. The summed E-state index contributed by atoms with van der Waals surface area (Å²) in [6.07, 6.45) is 2.74. The average molecular weight is 410 g/mol. The summed E-state index contributed by atoms with van der Waals surface area (Å²) < 4.78 is 10.8. The summed E-state index contributed by atoms with van der Waals surface area (Å²) in [4.78, 5) is 50.5. The van der Waals surface area contributed by atoms with E-state index < -0.39 is 11.3 Å². The zero-order valence-electron chi connectivity index (χ0n) is 17.0. The van der Waals surface area contributed by atoms with Crippen molar-refractivity contribution in [2.24, 2.45) is 11.3 Å². The van der Waals surface area contributed by atoms with E-state index in [1.165, 1.54) is 29.3 Å².